The van der Waals surface area contributed by atoms with Crippen molar-refractivity contribution in [3.8, 4) is 0 Å². The van der Waals surface area contributed by atoms with E-state index >= 15 is 0 Å². The molecule has 4 heterocycles. The summed E-state index contributed by atoms with van der Waals surface area (Å²) in [7, 11) is -4.10. The first-order valence-corrected chi connectivity index (χ1v) is 39.0. The Bertz CT molecular complexity index is 1470. The fourth-order valence-corrected chi connectivity index (χ4v) is 13.7. The molecule has 0 aromatic carbocycles. The summed E-state index contributed by atoms with van der Waals surface area (Å²) in [6.45, 7) is 38.1. The van der Waals surface area contributed by atoms with Crippen molar-refractivity contribution in [3.05, 3.63) is 24.6 Å². The first kappa shape index (κ1) is 94.1. The van der Waals surface area contributed by atoms with Crippen LogP contribution in [0.1, 0.15) is 147 Å². The summed E-state index contributed by atoms with van der Waals surface area (Å²) in [6, 6.07) is 1.25. The minimum absolute atomic E-state index is 0. The van der Waals surface area contributed by atoms with Crippen molar-refractivity contribution >= 4 is 104 Å². The molecule has 4 saturated heterocycles. The van der Waals surface area contributed by atoms with Gasteiger partial charge in [-0.3, -0.25) is 13.8 Å². The van der Waals surface area contributed by atoms with Gasteiger partial charge in [-0.25, -0.2) is 8.42 Å². The van der Waals surface area contributed by atoms with Gasteiger partial charge < -0.3 is 49.3 Å². The first-order chi connectivity index (χ1) is 38.2. The van der Waals surface area contributed by atoms with Gasteiger partial charge in [-0.2, -0.15) is 70.6 Å². The molecule has 0 bridgehead atoms. The van der Waals surface area contributed by atoms with Gasteiger partial charge in [-0.15, -0.1) is 0 Å². The molecule has 4 aliphatic rings. The minimum atomic E-state index is -4.10. The van der Waals surface area contributed by atoms with Gasteiger partial charge in [0, 0.05) is 88.7 Å². The average molecular weight is 1320 g/mol. The van der Waals surface area contributed by atoms with Crippen LogP contribution in [0.25, 0.3) is 0 Å². The van der Waals surface area contributed by atoms with Gasteiger partial charge in [-0.1, -0.05) is 120 Å². The third-order valence-electron chi connectivity index (χ3n) is 11.2. The summed E-state index contributed by atoms with van der Waals surface area (Å²) >= 11 is 9.50. The molecule has 25 heteroatoms. The molecular formula is C56H114N4Na2O11S8. The summed E-state index contributed by atoms with van der Waals surface area (Å²) in [5, 5.41) is 14.4. The van der Waals surface area contributed by atoms with E-state index in [0.29, 0.717) is 81.5 Å². The number of rotatable bonds is 38. The van der Waals surface area contributed by atoms with Crippen molar-refractivity contribution in [1.82, 2.24) is 21.3 Å². The van der Waals surface area contributed by atoms with Crippen LogP contribution < -0.4 is 80.4 Å². The van der Waals surface area contributed by atoms with Gasteiger partial charge in [0.25, 0.3) is 0 Å². The van der Waals surface area contributed by atoms with E-state index in [1.165, 1.54) is 35.7 Å². The Hall–Kier alpha value is 1.98. The molecule has 474 valence electrons. The molecular weight excluding hydrogens is 1210 g/mol. The zero-order valence-electron chi connectivity index (χ0n) is 53.3. The van der Waals surface area contributed by atoms with Crippen molar-refractivity contribution in [2.24, 2.45) is 11.8 Å². The van der Waals surface area contributed by atoms with Crippen molar-refractivity contribution in [2.45, 2.75) is 170 Å². The van der Waals surface area contributed by atoms with E-state index in [1.54, 1.807) is 23.5 Å². The second-order valence-corrected chi connectivity index (χ2v) is 27.6. The van der Waals surface area contributed by atoms with E-state index in [9.17, 15) is 31.3 Å². The molecule has 0 aromatic heterocycles. The molecule has 0 saturated carbocycles. The molecule has 0 aromatic rings. The monoisotopic (exact) mass is 1320 g/mol. The van der Waals surface area contributed by atoms with Gasteiger partial charge in [0.1, 0.15) is 0 Å². The van der Waals surface area contributed by atoms with E-state index in [1.807, 2.05) is 85.8 Å². The molecule has 81 heavy (non-hydrogen) atoms. The largest absolute Gasteiger partial charge is 1.00 e. The molecule has 2 amide bonds. The van der Waals surface area contributed by atoms with E-state index in [4.69, 9.17) is 18.9 Å². The summed E-state index contributed by atoms with van der Waals surface area (Å²) < 4.78 is 71.1. The number of allylic oxidation sites excluding steroid dienone is 2. The average Bonchev–Trinajstić information content (AvgIpc) is 4.22. The molecule has 4 fully saturated rings. The van der Waals surface area contributed by atoms with Crippen LogP contribution in [0.2, 0.25) is 0 Å². The normalized spacial score (nSPS) is 19.0. The number of hydrogen-bond acceptors (Lipinski definition) is 19. The number of ether oxygens (including phenoxy) is 4. The van der Waals surface area contributed by atoms with E-state index in [-0.39, 0.29) is 83.3 Å². The van der Waals surface area contributed by atoms with Gasteiger partial charge in [0.2, 0.25) is 11.8 Å². The van der Waals surface area contributed by atoms with Crippen LogP contribution in [0.4, 0.5) is 0 Å². The standard InChI is InChI=1S/2C18H32N2O2S2.C6H14O4S2.C6H14O3S2.4C2H6.2Na/c2*1-3-23-11-10-22-9-8-19-17(21)7-5-4-6-16-18-15(13-24-16)12-14(2)20-18;1-2-11-5-3-10-4-6-12(7,8)9;1-2-10-5-3-9-4-6-11(7)8;4*1-2;;/h2*15-16,18,20H,2-13H2,1H3,(H,19,21);2-6H2,1H3,(H,7,8,9);2-6H2,1H3,(H,7,8);4*1-2H3;;/q;;;;;;;;2*+1/p-2/t2*15?,16-,18?;;;;;;;;/m00......../s1. The number of carbonyl (C=O) groups is 2. The Balaban J connectivity index is -0.000000231. The van der Waals surface area contributed by atoms with Crippen LogP contribution in [-0.4, -0.2) is 191 Å². The van der Waals surface area contributed by atoms with E-state index < -0.39 is 27.0 Å². The molecule has 0 aliphatic carbocycles. The maximum Gasteiger partial charge on any atom is 1.00 e. The zero-order chi connectivity index (χ0) is 60.4. The number of thioether (sulfide) groups is 6. The van der Waals surface area contributed by atoms with Gasteiger partial charge in [0.05, 0.1) is 68.7 Å². The topological polar surface area (TPSA) is 217 Å². The van der Waals surface area contributed by atoms with Crippen LogP contribution in [0.15, 0.2) is 24.6 Å². The Morgan fingerprint density at radius 2 is 0.926 bits per heavy atom. The fraction of sp³-hybridized carbons (Fsp3) is 0.893. The number of hydrogen-bond donors (Lipinski definition) is 4. The van der Waals surface area contributed by atoms with Crippen LogP contribution in [-0.2, 0) is 49.7 Å². The molecule has 7 atom stereocenters. The van der Waals surface area contributed by atoms with E-state index in [0.717, 1.165) is 110 Å². The second-order valence-electron chi connectivity index (χ2n) is 16.9. The van der Waals surface area contributed by atoms with Crippen LogP contribution >= 0.6 is 70.6 Å². The summed E-state index contributed by atoms with van der Waals surface area (Å²) in [4.78, 5) is 23.6. The van der Waals surface area contributed by atoms with Crippen molar-refractivity contribution < 1.29 is 109 Å². The number of amides is 2. The molecule has 0 spiro atoms. The predicted molar refractivity (Wildman–Crippen MR) is 353 cm³/mol. The third kappa shape index (κ3) is 60.7. The first-order valence-electron chi connectivity index (χ1n) is 29.5. The fourth-order valence-electron chi connectivity index (χ4n) is 7.77. The van der Waals surface area contributed by atoms with Crippen LogP contribution in [0.5, 0.6) is 0 Å². The number of carbonyl (C=O) groups excluding carboxylic acids is 2. The zero-order valence-corrected chi connectivity index (χ0v) is 63.8. The molecule has 0 radical (unpaired) electrons. The maximum absolute atomic E-state index is 11.8. The predicted octanol–water partition coefficient (Wildman–Crippen LogP) is 5.13. The van der Waals surface area contributed by atoms with Gasteiger partial charge in [0.15, 0.2) is 0 Å². The van der Waals surface area contributed by atoms with Crippen molar-refractivity contribution in [1.29, 1.82) is 0 Å². The Labute approximate surface area is 569 Å². The number of nitrogens with one attached hydrogen (secondary N) is 4. The Morgan fingerprint density at radius 3 is 1.25 bits per heavy atom. The SMILES string of the molecule is C=C1CC2CS[C@@H](CCCCC(=O)NCCOCCSCC)C2N1.C=C1CC2CS[C@@H](CCCCC(=O)NCCOCCSCC)C2N1.CC.CC.CC.CC.CCSCCOCCS(=O)(=O)[O-].CCSCCOCCS(=O)[O-].[Na+].[Na+]. The van der Waals surface area contributed by atoms with Crippen molar-refractivity contribution in [3.63, 3.8) is 0 Å². The van der Waals surface area contributed by atoms with Crippen molar-refractivity contribution in [2.75, 3.05) is 135 Å². The second kappa shape index (κ2) is 71.1. The maximum atomic E-state index is 11.8. The summed E-state index contributed by atoms with van der Waals surface area (Å²) in [5.74, 6) is 12.3. The molecule has 4 rings (SSSR count). The molecule has 4 aliphatic heterocycles. The van der Waals surface area contributed by atoms with Gasteiger partial charge in [-0.05, 0) is 84.9 Å². The third-order valence-corrected chi connectivity index (χ3v) is 19.0. The molecule has 4 N–H and O–H groups in total. The smallest absolute Gasteiger partial charge is 0.772 e. The van der Waals surface area contributed by atoms with Crippen LogP contribution in [0, 0.1) is 11.8 Å². The number of unbranched alkanes of at least 4 members (excludes halogenated alkanes) is 2. The quantitative estimate of drug-likeness (QED) is 0.0273. The molecule has 15 nitrogen and oxygen atoms in total. The number of fused-ring (bicyclic) bond motifs is 2. The van der Waals surface area contributed by atoms with Crippen LogP contribution in [0.3, 0.4) is 0 Å². The minimum Gasteiger partial charge on any atom is -0.772 e. The van der Waals surface area contributed by atoms with Gasteiger partial charge >= 0.3 is 59.1 Å². The summed E-state index contributed by atoms with van der Waals surface area (Å²) in [6.07, 6.45) is 10.2. The Kier molecular flexibility index (Phi) is 82.6. The summed E-state index contributed by atoms with van der Waals surface area (Å²) in [5.41, 5.74) is 2.43. The Morgan fingerprint density at radius 1 is 0.593 bits per heavy atom. The van der Waals surface area contributed by atoms with E-state index in [2.05, 4.69) is 78.7 Å². The molecule has 5 unspecified atom stereocenters.